The van der Waals surface area contributed by atoms with Crippen LogP contribution in [0, 0.1) is 6.92 Å². The van der Waals surface area contributed by atoms with E-state index < -0.39 is 0 Å². The highest BCUT2D eigenvalue weighted by atomic mass is 79.9. The van der Waals surface area contributed by atoms with Crippen molar-refractivity contribution in [2.24, 2.45) is 0 Å². The van der Waals surface area contributed by atoms with Gasteiger partial charge in [0.25, 0.3) is 0 Å². The zero-order chi connectivity index (χ0) is 14.1. The molecular formula is C16H24Br2O. The predicted molar refractivity (Wildman–Crippen MR) is 90.8 cm³/mol. The summed E-state index contributed by atoms with van der Waals surface area (Å²) in [5, 5.41) is 1.90. The molecule has 1 aromatic carbocycles. The highest BCUT2D eigenvalue weighted by Gasteiger charge is 2.29. The Kier molecular flexibility index (Phi) is 8.27. The Labute approximate surface area is 134 Å². The van der Waals surface area contributed by atoms with Gasteiger partial charge in [-0.25, -0.2) is 0 Å². The summed E-state index contributed by atoms with van der Waals surface area (Å²) < 4.78 is 5.74. The van der Waals surface area contributed by atoms with Crippen molar-refractivity contribution < 1.29 is 4.74 Å². The molecule has 19 heavy (non-hydrogen) atoms. The molecule has 0 fully saturated rings. The van der Waals surface area contributed by atoms with Crippen LogP contribution in [-0.4, -0.2) is 23.9 Å². The maximum atomic E-state index is 5.74. The first kappa shape index (κ1) is 17.2. The van der Waals surface area contributed by atoms with Gasteiger partial charge in [-0.1, -0.05) is 75.0 Å². The van der Waals surface area contributed by atoms with Gasteiger partial charge in [0.15, 0.2) is 0 Å². The summed E-state index contributed by atoms with van der Waals surface area (Å²) >= 11 is 7.38. The highest BCUT2D eigenvalue weighted by molar-refractivity contribution is 9.09. The van der Waals surface area contributed by atoms with E-state index in [1.807, 2.05) is 0 Å². The Morgan fingerprint density at radius 2 is 1.89 bits per heavy atom. The molecule has 0 heterocycles. The van der Waals surface area contributed by atoms with E-state index in [1.54, 1.807) is 0 Å². The molecule has 0 saturated heterocycles. The normalized spacial score (nSPS) is 11.8. The Bertz CT molecular complexity index is 362. The van der Waals surface area contributed by atoms with Crippen molar-refractivity contribution >= 4 is 31.9 Å². The molecule has 1 aromatic rings. The number of rotatable bonds is 9. The Hall–Kier alpha value is 0.140. The largest absolute Gasteiger partial charge is 0.381 e. The predicted octanol–water partition coefficient (Wildman–Crippen LogP) is 5.23. The second-order valence-corrected chi connectivity index (χ2v) is 6.25. The number of alkyl halides is 2. The molecule has 3 heteroatoms. The smallest absolute Gasteiger partial charge is 0.0475 e. The first-order valence-corrected chi connectivity index (χ1v) is 9.19. The molecule has 0 spiro atoms. The maximum absolute atomic E-state index is 5.74. The van der Waals surface area contributed by atoms with Gasteiger partial charge in [0.1, 0.15) is 0 Å². The van der Waals surface area contributed by atoms with Crippen molar-refractivity contribution in [3.05, 3.63) is 35.4 Å². The fourth-order valence-electron chi connectivity index (χ4n) is 2.06. The summed E-state index contributed by atoms with van der Waals surface area (Å²) in [5.41, 5.74) is 2.83. The Morgan fingerprint density at radius 1 is 1.16 bits per heavy atom. The minimum atomic E-state index is 0.123. The van der Waals surface area contributed by atoms with E-state index in [1.165, 1.54) is 17.5 Å². The lowest BCUT2D eigenvalue weighted by molar-refractivity contribution is 0.117. The molecule has 0 amide bonds. The van der Waals surface area contributed by atoms with E-state index in [0.717, 1.165) is 36.7 Å². The second-order valence-electron chi connectivity index (χ2n) is 5.13. The van der Waals surface area contributed by atoms with Gasteiger partial charge in [-0.05, 0) is 25.3 Å². The zero-order valence-electron chi connectivity index (χ0n) is 11.9. The Morgan fingerprint density at radius 3 is 2.47 bits per heavy atom. The fraction of sp³-hybridized carbons (Fsp3) is 0.625. The van der Waals surface area contributed by atoms with Gasteiger partial charge < -0.3 is 4.74 Å². The summed E-state index contributed by atoms with van der Waals surface area (Å²) in [6.07, 6.45) is 3.39. The number of unbranched alkanes of at least 4 members (excludes halogenated alkanes) is 1. The average molecular weight is 392 g/mol. The molecule has 0 aliphatic heterocycles. The third kappa shape index (κ3) is 5.20. The van der Waals surface area contributed by atoms with Crippen LogP contribution in [0.2, 0.25) is 0 Å². The molecule has 0 N–H and O–H groups in total. The van der Waals surface area contributed by atoms with Gasteiger partial charge in [0, 0.05) is 29.3 Å². The van der Waals surface area contributed by atoms with E-state index in [2.05, 4.69) is 70.0 Å². The number of halogens is 2. The van der Waals surface area contributed by atoms with Crippen LogP contribution >= 0.6 is 31.9 Å². The number of benzene rings is 1. The van der Waals surface area contributed by atoms with Gasteiger partial charge in [-0.3, -0.25) is 0 Å². The molecule has 0 radical (unpaired) electrons. The van der Waals surface area contributed by atoms with E-state index in [-0.39, 0.29) is 5.41 Å². The number of hydrogen-bond acceptors (Lipinski definition) is 1. The summed E-state index contributed by atoms with van der Waals surface area (Å²) in [6, 6.07) is 8.80. The lowest BCUT2D eigenvalue weighted by atomic mass is 9.81. The summed E-state index contributed by atoms with van der Waals surface area (Å²) in [6.45, 7) is 6.04. The average Bonchev–Trinajstić information content (AvgIpc) is 2.43. The fourth-order valence-corrected chi connectivity index (χ4v) is 4.20. The minimum absolute atomic E-state index is 0.123. The Balaban J connectivity index is 2.68. The van der Waals surface area contributed by atoms with E-state index in [0.29, 0.717) is 0 Å². The number of aryl methyl sites for hydroxylation is 1. The number of hydrogen-bond donors (Lipinski definition) is 0. The molecule has 0 unspecified atom stereocenters. The van der Waals surface area contributed by atoms with Crippen LogP contribution in [0.1, 0.15) is 37.3 Å². The van der Waals surface area contributed by atoms with E-state index >= 15 is 0 Å². The third-order valence-corrected chi connectivity index (χ3v) is 5.66. The first-order chi connectivity index (χ1) is 9.18. The summed E-state index contributed by atoms with van der Waals surface area (Å²) in [7, 11) is 0. The molecule has 0 saturated carbocycles. The van der Waals surface area contributed by atoms with Crippen molar-refractivity contribution in [2.45, 2.75) is 38.5 Å². The first-order valence-electron chi connectivity index (χ1n) is 6.95. The summed E-state index contributed by atoms with van der Waals surface area (Å²) in [4.78, 5) is 0. The molecule has 0 aliphatic rings. The number of ether oxygens (including phenoxy) is 1. The van der Waals surface area contributed by atoms with Gasteiger partial charge in [-0.15, -0.1) is 0 Å². The molecule has 1 rings (SSSR count). The molecule has 0 aromatic heterocycles. The van der Waals surface area contributed by atoms with Gasteiger partial charge >= 0.3 is 0 Å². The summed E-state index contributed by atoms with van der Waals surface area (Å²) in [5.74, 6) is 0. The quantitative estimate of drug-likeness (QED) is 0.413. The van der Waals surface area contributed by atoms with Crippen LogP contribution in [0.4, 0.5) is 0 Å². The molecule has 0 atom stereocenters. The van der Waals surface area contributed by atoms with Crippen LogP contribution in [0.15, 0.2) is 24.3 Å². The monoisotopic (exact) mass is 390 g/mol. The molecule has 1 nitrogen and oxygen atoms in total. The van der Waals surface area contributed by atoms with Crippen molar-refractivity contribution in [3.8, 4) is 0 Å². The van der Waals surface area contributed by atoms with Gasteiger partial charge in [0.05, 0.1) is 0 Å². The van der Waals surface area contributed by atoms with Crippen LogP contribution in [0.5, 0.6) is 0 Å². The molecule has 108 valence electrons. The van der Waals surface area contributed by atoms with Crippen LogP contribution in [0.25, 0.3) is 0 Å². The zero-order valence-corrected chi connectivity index (χ0v) is 15.1. The molecule has 0 aliphatic carbocycles. The van der Waals surface area contributed by atoms with Crippen LogP contribution in [0.3, 0.4) is 0 Å². The topological polar surface area (TPSA) is 9.23 Å². The SMILES string of the molecule is CCCCOCCC(CBr)(CBr)c1cccc(C)c1. The van der Waals surface area contributed by atoms with Crippen molar-refractivity contribution in [3.63, 3.8) is 0 Å². The van der Waals surface area contributed by atoms with Gasteiger partial charge in [-0.2, -0.15) is 0 Å². The highest BCUT2D eigenvalue weighted by Crippen LogP contribution is 2.33. The molecular weight excluding hydrogens is 368 g/mol. The van der Waals surface area contributed by atoms with Crippen molar-refractivity contribution in [2.75, 3.05) is 23.9 Å². The van der Waals surface area contributed by atoms with Crippen LogP contribution in [-0.2, 0) is 10.2 Å². The van der Waals surface area contributed by atoms with E-state index in [9.17, 15) is 0 Å². The van der Waals surface area contributed by atoms with E-state index in [4.69, 9.17) is 4.74 Å². The standard InChI is InChI=1S/C16H24Br2O/c1-3-4-9-19-10-8-16(12-17,13-18)15-7-5-6-14(2)11-15/h5-7,11H,3-4,8-10,12-13H2,1-2H3. The lowest BCUT2D eigenvalue weighted by Crippen LogP contribution is -2.32. The van der Waals surface area contributed by atoms with Crippen molar-refractivity contribution in [1.29, 1.82) is 0 Å². The molecule has 0 bridgehead atoms. The van der Waals surface area contributed by atoms with Gasteiger partial charge in [0.2, 0.25) is 0 Å². The van der Waals surface area contributed by atoms with Crippen LogP contribution < -0.4 is 0 Å². The second kappa shape index (κ2) is 9.15. The lowest BCUT2D eigenvalue weighted by Gasteiger charge is -2.31. The van der Waals surface area contributed by atoms with Crippen molar-refractivity contribution in [1.82, 2.24) is 0 Å². The minimum Gasteiger partial charge on any atom is -0.381 e. The maximum Gasteiger partial charge on any atom is 0.0475 e. The third-order valence-electron chi connectivity index (χ3n) is 3.51.